The molecule has 0 spiro atoms. The molecule has 1 amide bonds. The second-order valence-corrected chi connectivity index (χ2v) is 6.40. The summed E-state index contributed by atoms with van der Waals surface area (Å²) in [7, 11) is 1.47. The van der Waals surface area contributed by atoms with E-state index in [-0.39, 0.29) is 24.7 Å². The third-order valence-electron chi connectivity index (χ3n) is 4.39. The van der Waals surface area contributed by atoms with Crippen molar-refractivity contribution in [2.45, 2.75) is 20.0 Å². The molecule has 0 aliphatic carbocycles. The van der Waals surface area contributed by atoms with Crippen molar-refractivity contribution in [3.63, 3.8) is 0 Å². The Balaban J connectivity index is 1.42. The summed E-state index contributed by atoms with van der Waals surface area (Å²) in [5.74, 6) is 1.10. The van der Waals surface area contributed by atoms with Crippen molar-refractivity contribution in [1.29, 1.82) is 0 Å². The van der Waals surface area contributed by atoms with Crippen LogP contribution in [0.4, 0.5) is 0 Å². The van der Waals surface area contributed by atoms with Crippen LogP contribution in [0.15, 0.2) is 46.9 Å². The number of aryl methyl sites for hydroxylation is 1. The van der Waals surface area contributed by atoms with Gasteiger partial charge in [-0.25, -0.2) is 4.98 Å². The summed E-state index contributed by atoms with van der Waals surface area (Å²) in [5.41, 5.74) is 2.75. The number of ether oxygens (including phenoxy) is 1. The van der Waals surface area contributed by atoms with Crippen LogP contribution in [0, 0.1) is 6.92 Å². The van der Waals surface area contributed by atoms with E-state index in [0.717, 1.165) is 11.0 Å². The fraction of sp³-hybridized carbons (Fsp3) is 0.200. The average Bonchev–Trinajstić information content (AvgIpc) is 3.29. The number of oxazole rings is 1. The van der Waals surface area contributed by atoms with Crippen molar-refractivity contribution in [3.8, 4) is 23.0 Å². The first-order chi connectivity index (χ1) is 14.0. The van der Waals surface area contributed by atoms with E-state index in [1.54, 1.807) is 19.1 Å². The highest BCUT2D eigenvalue weighted by atomic mass is 16.5. The van der Waals surface area contributed by atoms with Crippen LogP contribution >= 0.6 is 0 Å². The summed E-state index contributed by atoms with van der Waals surface area (Å²) in [6, 6.07) is 12.3. The number of carbonyl (C=O) groups is 1. The summed E-state index contributed by atoms with van der Waals surface area (Å²) in [5, 5.41) is 21.1. The second-order valence-electron chi connectivity index (χ2n) is 6.40. The van der Waals surface area contributed by atoms with Gasteiger partial charge in [-0.15, -0.1) is 0 Å². The van der Waals surface area contributed by atoms with E-state index < -0.39 is 0 Å². The van der Waals surface area contributed by atoms with Crippen LogP contribution in [0.3, 0.4) is 0 Å². The van der Waals surface area contributed by atoms with E-state index in [2.05, 4.69) is 20.5 Å². The lowest BCUT2D eigenvalue weighted by Gasteiger charge is -2.04. The summed E-state index contributed by atoms with van der Waals surface area (Å²) >= 11 is 0. The predicted molar refractivity (Wildman–Crippen MR) is 104 cm³/mol. The molecule has 9 nitrogen and oxygen atoms in total. The van der Waals surface area contributed by atoms with Gasteiger partial charge >= 0.3 is 0 Å². The molecule has 0 fully saturated rings. The second kappa shape index (κ2) is 7.63. The standard InChI is InChI=1S/C20H19N5O4/c1-12-16(22-20(29-12)13-7-8-17(26)18(9-13)28-2)10-21-19(27)11-25-23-14-5-3-4-6-15(14)24-25/h3-9,26H,10-11H2,1-2H3,(H,21,27). The number of hydrogen-bond acceptors (Lipinski definition) is 7. The summed E-state index contributed by atoms with van der Waals surface area (Å²) in [4.78, 5) is 18.1. The third-order valence-corrected chi connectivity index (χ3v) is 4.39. The van der Waals surface area contributed by atoms with Crippen LogP contribution in [0.25, 0.3) is 22.5 Å². The molecular weight excluding hydrogens is 374 g/mol. The van der Waals surface area contributed by atoms with Crippen LogP contribution in [-0.4, -0.2) is 38.1 Å². The Labute approximate surface area is 165 Å². The molecule has 0 saturated heterocycles. The van der Waals surface area contributed by atoms with Gasteiger partial charge in [0.2, 0.25) is 11.8 Å². The molecule has 148 valence electrons. The number of amides is 1. The minimum absolute atomic E-state index is 0.00754. The molecule has 9 heteroatoms. The van der Waals surface area contributed by atoms with Gasteiger partial charge in [-0.05, 0) is 37.3 Å². The quantitative estimate of drug-likeness (QED) is 0.517. The van der Waals surface area contributed by atoms with Crippen molar-refractivity contribution < 1.29 is 19.1 Å². The van der Waals surface area contributed by atoms with Gasteiger partial charge in [0.1, 0.15) is 29.0 Å². The fourth-order valence-corrected chi connectivity index (χ4v) is 2.87. The van der Waals surface area contributed by atoms with Crippen molar-refractivity contribution in [2.75, 3.05) is 7.11 Å². The van der Waals surface area contributed by atoms with E-state index in [9.17, 15) is 9.90 Å². The van der Waals surface area contributed by atoms with Crippen LogP contribution in [0.5, 0.6) is 11.5 Å². The van der Waals surface area contributed by atoms with Crippen LogP contribution < -0.4 is 10.1 Å². The smallest absolute Gasteiger partial charge is 0.243 e. The first-order valence-electron chi connectivity index (χ1n) is 8.94. The third kappa shape index (κ3) is 3.88. The number of rotatable bonds is 6. The largest absolute Gasteiger partial charge is 0.504 e. The molecule has 0 unspecified atom stereocenters. The minimum Gasteiger partial charge on any atom is -0.504 e. The van der Waals surface area contributed by atoms with Gasteiger partial charge < -0.3 is 19.6 Å². The van der Waals surface area contributed by atoms with Gasteiger partial charge in [0.15, 0.2) is 11.5 Å². The number of nitrogens with one attached hydrogen (secondary N) is 1. The molecule has 4 aromatic rings. The molecule has 0 saturated carbocycles. The molecular formula is C20H19N5O4. The van der Waals surface area contributed by atoms with Crippen molar-refractivity contribution in [1.82, 2.24) is 25.3 Å². The first-order valence-corrected chi connectivity index (χ1v) is 8.94. The lowest BCUT2D eigenvalue weighted by atomic mass is 10.2. The number of benzene rings is 2. The molecule has 0 aliphatic rings. The molecule has 29 heavy (non-hydrogen) atoms. The molecule has 2 N–H and O–H groups in total. The number of hydrogen-bond donors (Lipinski definition) is 2. The minimum atomic E-state index is -0.236. The summed E-state index contributed by atoms with van der Waals surface area (Å²) in [6.45, 7) is 2.00. The molecule has 2 heterocycles. The number of methoxy groups -OCH3 is 1. The number of fused-ring (bicyclic) bond motifs is 1. The van der Waals surface area contributed by atoms with Crippen LogP contribution in [0.2, 0.25) is 0 Å². The fourth-order valence-electron chi connectivity index (χ4n) is 2.87. The van der Waals surface area contributed by atoms with Gasteiger partial charge in [-0.2, -0.15) is 15.0 Å². The number of phenolic OH excluding ortho intramolecular Hbond substituents is 1. The Morgan fingerprint density at radius 1 is 1.21 bits per heavy atom. The van der Waals surface area contributed by atoms with Gasteiger partial charge in [0.25, 0.3) is 0 Å². The monoisotopic (exact) mass is 393 g/mol. The molecule has 0 atom stereocenters. The Morgan fingerprint density at radius 2 is 1.93 bits per heavy atom. The summed E-state index contributed by atoms with van der Waals surface area (Å²) < 4.78 is 10.8. The van der Waals surface area contributed by atoms with E-state index in [0.29, 0.717) is 28.7 Å². The lowest BCUT2D eigenvalue weighted by molar-refractivity contribution is -0.122. The SMILES string of the molecule is COc1cc(-c2nc(CNC(=O)Cn3nc4ccccc4n3)c(C)o2)ccc1O. The molecule has 0 bridgehead atoms. The zero-order valence-corrected chi connectivity index (χ0v) is 15.9. The molecule has 2 aromatic heterocycles. The van der Waals surface area contributed by atoms with E-state index in [1.165, 1.54) is 18.0 Å². The van der Waals surface area contributed by atoms with Crippen LogP contribution in [0.1, 0.15) is 11.5 Å². The highest BCUT2D eigenvalue weighted by Gasteiger charge is 2.15. The lowest BCUT2D eigenvalue weighted by Crippen LogP contribution is -2.28. The number of phenols is 1. The van der Waals surface area contributed by atoms with E-state index in [4.69, 9.17) is 9.15 Å². The molecule has 4 rings (SSSR count). The van der Waals surface area contributed by atoms with Gasteiger partial charge in [0.05, 0.1) is 13.7 Å². The average molecular weight is 393 g/mol. The van der Waals surface area contributed by atoms with Crippen molar-refractivity contribution in [3.05, 3.63) is 53.9 Å². The zero-order valence-electron chi connectivity index (χ0n) is 15.9. The normalized spacial score (nSPS) is 11.0. The highest BCUT2D eigenvalue weighted by Crippen LogP contribution is 2.31. The number of nitrogens with zero attached hydrogens (tertiary/aromatic N) is 4. The van der Waals surface area contributed by atoms with E-state index in [1.807, 2.05) is 24.3 Å². The highest BCUT2D eigenvalue weighted by molar-refractivity contribution is 5.77. The van der Waals surface area contributed by atoms with Crippen molar-refractivity contribution in [2.24, 2.45) is 0 Å². The topological polar surface area (TPSA) is 115 Å². The van der Waals surface area contributed by atoms with E-state index >= 15 is 0 Å². The first kappa shape index (κ1) is 18.5. The van der Waals surface area contributed by atoms with Gasteiger partial charge in [-0.3, -0.25) is 4.79 Å². The van der Waals surface area contributed by atoms with Crippen molar-refractivity contribution >= 4 is 16.9 Å². The zero-order chi connectivity index (χ0) is 20.4. The molecule has 2 aromatic carbocycles. The Hall–Kier alpha value is -3.88. The maximum absolute atomic E-state index is 12.3. The number of carbonyl (C=O) groups excluding carboxylic acids is 1. The molecule has 0 radical (unpaired) electrons. The van der Waals surface area contributed by atoms with Crippen LogP contribution in [-0.2, 0) is 17.9 Å². The maximum Gasteiger partial charge on any atom is 0.243 e. The Bertz CT molecular complexity index is 1150. The van der Waals surface area contributed by atoms with Gasteiger partial charge in [-0.1, -0.05) is 12.1 Å². The summed E-state index contributed by atoms with van der Waals surface area (Å²) in [6.07, 6.45) is 0. The number of aromatic hydroxyl groups is 1. The Kier molecular flexibility index (Phi) is 4.86. The number of aromatic nitrogens is 4. The van der Waals surface area contributed by atoms with Gasteiger partial charge in [0, 0.05) is 5.56 Å². The Morgan fingerprint density at radius 3 is 2.62 bits per heavy atom. The maximum atomic E-state index is 12.3. The predicted octanol–water partition coefficient (Wildman–Crippen LogP) is 2.43. The molecule has 0 aliphatic heterocycles.